The van der Waals surface area contributed by atoms with E-state index in [-0.39, 0.29) is 12.5 Å². The number of aliphatic hydroxyl groups is 1. The first kappa shape index (κ1) is 25.7. The molecule has 1 saturated heterocycles. The third-order valence-corrected chi connectivity index (χ3v) is 6.45. The minimum Gasteiger partial charge on any atom is -0.394 e. The third kappa shape index (κ3) is 6.04. The van der Waals surface area contributed by atoms with E-state index in [0.29, 0.717) is 40.7 Å². The molecule has 36 heavy (non-hydrogen) atoms. The second kappa shape index (κ2) is 12.0. The van der Waals surface area contributed by atoms with Crippen LogP contribution in [0.4, 0.5) is 11.4 Å². The number of aromatic nitrogens is 2. The van der Waals surface area contributed by atoms with Crippen LogP contribution in [0.5, 0.6) is 0 Å². The first-order valence-electron chi connectivity index (χ1n) is 11.8. The molecule has 0 unspecified atom stereocenters. The fourth-order valence-electron chi connectivity index (χ4n) is 4.23. The van der Waals surface area contributed by atoms with Crippen molar-refractivity contribution in [2.24, 2.45) is 0 Å². The molecule has 0 bridgehead atoms. The highest BCUT2D eigenvalue weighted by Gasteiger charge is 2.20. The Morgan fingerprint density at radius 1 is 1.17 bits per heavy atom. The van der Waals surface area contributed by atoms with Crippen LogP contribution in [-0.4, -0.2) is 78.2 Å². The molecular weight excluding hydrogens is 480 g/mol. The quantitative estimate of drug-likeness (QED) is 0.428. The standard InChI is InChI=1S/C26H29ClN6O3/c1-19-24(18-29-33(19)23-5-2-21(27)3-6-23)26(35)30-22-4-7-25(20(16-22)17-28)32-10-8-31(9-11-32)12-14-36-15-13-34/h2-7,16,18,34H,8-15H2,1H3,(H,30,35). The van der Waals surface area contributed by atoms with E-state index in [4.69, 9.17) is 21.4 Å². The maximum atomic E-state index is 13.0. The van der Waals surface area contributed by atoms with Crippen molar-refractivity contribution in [3.05, 3.63) is 70.5 Å². The number of piperazine rings is 1. The average molecular weight is 509 g/mol. The Hall–Kier alpha value is -3.42. The normalized spacial score (nSPS) is 14.0. The first-order valence-corrected chi connectivity index (χ1v) is 12.2. The summed E-state index contributed by atoms with van der Waals surface area (Å²) in [6.07, 6.45) is 1.53. The van der Waals surface area contributed by atoms with Crippen molar-refractivity contribution in [3.63, 3.8) is 0 Å². The van der Waals surface area contributed by atoms with Gasteiger partial charge in [0.25, 0.3) is 5.91 Å². The zero-order valence-corrected chi connectivity index (χ0v) is 20.9. The minimum absolute atomic E-state index is 0.0355. The minimum atomic E-state index is -0.290. The Balaban J connectivity index is 1.39. The van der Waals surface area contributed by atoms with Crippen molar-refractivity contribution in [2.45, 2.75) is 6.92 Å². The molecule has 2 aromatic carbocycles. The van der Waals surface area contributed by atoms with Gasteiger partial charge in [-0.1, -0.05) is 11.6 Å². The molecule has 2 N–H and O–H groups in total. The van der Waals surface area contributed by atoms with E-state index in [1.165, 1.54) is 6.20 Å². The number of benzene rings is 2. The zero-order valence-electron chi connectivity index (χ0n) is 20.2. The predicted octanol–water partition coefficient (Wildman–Crippen LogP) is 3.09. The molecule has 1 amide bonds. The number of nitrogens with one attached hydrogen (secondary N) is 1. The fraction of sp³-hybridized carbons (Fsp3) is 0.346. The van der Waals surface area contributed by atoms with Gasteiger partial charge in [-0.2, -0.15) is 10.4 Å². The van der Waals surface area contributed by atoms with Gasteiger partial charge in [-0.3, -0.25) is 9.69 Å². The van der Waals surface area contributed by atoms with Crippen LogP contribution in [0.25, 0.3) is 5.69 Å². The van der Waals surface area contributed by atoms with Crippen LogP contribution in [0.15, 0.2) is 48.7 Å². The summed E-state index contributed by atoms with van der Waals surface area (Å²) in [6.45, 7) is 6.96. The number of halogens is 1. The highest BCUT2D eigenvalue weighted by Crippen LogP contribution is 2.26. The predicted molar refractivity (Wildman–Crippen MR) is 139 cm³/mol. The molecule has 0 saturated carbocycles. The van der Waals surface area contributed by atoms with Crippen LogP contribution in [-0.2, 0) is 4.74 Å². The molecule has 0 spiro atoms. The van der Waals surface area contributed by atoms with Gasteiger partial charge in [0, 0.05) is 43.4 Å². The lowest BCUT2D eigenvalue weighted by atomic mass is 10.1. The lowest BCUT2D eigenvalue weighted by Gasteiger charge is -2.36. The SMILES string of the molecule is Cc1c(C(=O)Nc2ccc(N3CCN(CCOCCO)CC3)c(C#N)c2)cnn1-c1ccc(Cl)cc1. The van der Waals surface area contributed by atoms with Crippen LogP contribution >= 0.6 is 11.6 Å². The number of rotatable bonds is 9. The number of hydrogen-bond donors (Lipinski definition) is 2. The zero-order chi connectivity index (χ0) is 25.5. The Bertz CT molecular complexity index is 1230. The van der Waals surface area contributed by atoms with E-state index >= 15 is 0 Å². The molecule has 10 heteroatoms. The summed E-state index contributed by atoms with van der Waals surface area (Å²) >= 11 is 5.97. The fourth-order valence-corrected chi connectivity index (χ4v) is 4.35. The van der Waals surface area contributed by atoms with E-state index in [9.17, 15) is 10.1 Å². The molecule has 4 rings (SSSR count). The molecule has 1 aliphatic heterocycles. The Kier molecular flexibility index (Phi) is 8.57. The van der Waals surface area contributed by atoms with E-state index in [2.05, 4.69) is 26.3 Å². The van der Waals surface area contributed by atoms with Gasteiger partial charge in [0.15, 0.2) is 0 Å². The van der Waals surface area contributed by atoms with Crippen molar-refractivity contribution in [1.29, 1.82) is 5.26 Å². The number of aliphatic hydroxyl groups excluding tert-OH is 1. The van der Waals surface area contributed by atoms with E-state index in [1.807, 2.05) is 31.2 Å². The lowest BCUT2D eigenvalue weighted by Crippen LogP contribution is -2.47. The third-order valence-electron chi connectivity index (χ3n) is 6.20. The second-order valence-electron chi connectivity index (χ2n) is 8.49. The second-order valence-corrected chi connectivity index (χ2v) is 8.93. The van der Waals surface area contributed by atoms with Crippen molar-refractivity contribution in [2.75, 3.05) is 62.8 Å². The first-order chi connectivity index (χ1) is 17.5. The molecule has 0 aliphatic carbocycles. The number of carbonyl (C=O) groups is 1. The largest absolute Gasteiger partial charge is 0.394 e. The number of nitriles is 1. The van der Waals surface area contributed by atoms with E-state index < -0.39 is 0 Å². The van der Waals surface area contributed by atoms with Gasteiger partial charge in [-0.25, -0.2) is 4.68 Å². The van der Waals surface area contributed by atoms with Gasteiger partial charge < -0.3 is 20.1 Å². The number of carbonyl (C=O) groups excluding carboxylic acids is 1. The van der Waals surface area contributed by atoms with Gasteiger partial charge in [0.2, 0.25) is 0 Å². The van der Waals surface area contributed by atoms with Crippen LogP contribution in [0, 0.1) is 18.3 Å². The lowest BCUT2D eigenvalue weighted by molar-refractivity contribution is 0.0724. The number of amides is 1. The molecular formula is C26H29ClN6O3. The van der Waals surface area contributed by atoms with Crippen molar-refractivity contribution in [3.8, 4) is 11.8 Å². The maximum Gasteiger partial charge on any atom is 0.259 e. The number of hydrogen-bond acceptors (Lipinski definition) is 7. The summed E-state index contributed by atoms with van der Waals surface area (Å²) in [4.78, 5) is 17.5. The van der Waals surface area contributed by atoms with Crippen LogP contribution < -0.4 is 10.2 Å². The van der Waals surface area contributed by atoms with Crippen molar-refractivity contribution < 1.29 is 14.6 Å². The molecule has 1 aromatic heterocycles. The van der Waals surface area contributed by atoms with Crippen LogP contribution in [0.1, 0.15) is 21.6 Å². The van der Waals surface area contributed by atoms with Crippen LogP contribution in [0.2, 0.25) is 5.02 Å². The van der Waals surface area contributed by atoms with E-state index in [0.717, 1.165) is 44.1 Å². The van der Waals surface area contributed by atoms with Crippen molar-refractivity contribution >= 4 is 28.9 Å². The summed E-state index contributed by atoms with van der Waals surface area (Å²) in [5.74, 6) is -0.290. The Morgan fingerprint density at radius 3 is 2.61 bits per heavy atom. The maximum absolute atomic E-state index is 13.0. The highest BCUT2D eigenvalue weighted by molar-refractivity contribution is 6.30. The molecule has 188 valence electrons. The smallest absolute Gasteiger partial charge is 0.259 e. The molecule has 1 fully saturated rings. The topological polar surface area (TPSA) is 107 Å². The van der Waals surface area contributed by atoms with Gasteiger partial charge in [0.05, 0.1) is 54.2 Å². The van der Waals surface area contributed by atoms with Gasteiger partial charge in [-0.15, -0.1) is 0 Å². The monoisotopic (exact) mass is 508 g/mol. The summed E-state index contributed by atoms with van der Waals surface area (Å²) in [5, 5.41) is 26.5. The van der Waals surface area contributed by atoms with Gasteiger partial charge in [-0.05, 0) is 49.4 Å². The molecule has 9 nitrogen and oxygen atoms in total. The number of anilines is 2. The van der Waals surface area contributed by atoms with Crippen LogP contribution in [0.3, 0.4) is 0 Å². The number of nitrogens with zero attached hydrogens (tertiary/aromatic N) is 5. The molecule has 0 radical (unpaired) electrons. The Labute approximate surface area is 215 Å². The summed E-state index contributed by atoms with van der Waals surface area (Å²) in [7, 11) is 0. The molecule has 1 aliphatic rings. The highest BCUT2D eigenvalue weighted by atomic mass is 35.5. The molecule has 0 atom stereocenters. The summed E-state index contributed by atoms with van der Waals surface area (Å²) < 4.78 is 7.04. The molecule has 3 aromatic rings. The summed E-state index contributed by atoms with van der Waals surface area (Å²) in [5.41, 5.74) is 3.89. The average Bonchev–Trinajstić information content (AvgIpc) is 3.28. The van der Waals surface area contributed by atoms with E-state index in [1.54, 1.807) is 22.9 Å². The molecule has 2 heterocycles. The summed E-state index contributed by atoms with van der Waals surface area (Å²) in [6, 6.07) is 14.9. The number of ether oxygens (including phenoxy) is 1. The Morgan fingerprint density at radius 2 is 1.92 bits per heavy atom. The van der Waals surface area contributed by atoms with Gasteiger partial charge >= 0.3 is 0 Å². The van der Waals surface area contributed by atoms with Crippen molar-refractivity contribution in [1.82, 2.24) is 14.7 Å². The van der Waals surface area contributed by atoms with Gasteiger partial charge in [0.1, 0.15) is 6.07 Å².